The molecule has 0 saturated carbocycles. The van der Waals surface area contributed by atoms with Gasteiger partial charge in [-0.2, -0.15) is 0 Å². The minimum atomic E-state index is 0.122. The average molecular weight is 443 g/mol. The molecule has 32 heavy (non-hydrogen) atoms. The summed E-state index contributed by atoms with van der Waals surface area (Å²) in [5, 5.41) is 0.866. The first-order valence-corrected chi connectivity index (χ1v) is 12.3. The first-order valence-electron chi connectivity index (χ1n) is 11.5. The molecule has 2 aromatic carbocycles. The van der Waals surface area contributed by atoms with Crippen LogP contribution in [0.5, 0.6) is 0 Å². The Morgan fingerprint density at radius 3 is 2.31 bits per heavy atom. The van der Waals surface area contributed by atoms with E-state index < -0.39 is 0 Å². The van der Waals surface area contributed by atoms with Crippen LogP contribution in [0.1, 0.15) is 54.6 Å². The standard InChI is InChI=1S/C28H30N2OS/c1-28(2,3)21-14-15-22-23(17-21)32-26-25(22)27(31)30(18-20-12-8-5-9-13-20)24(29-26)16-19-10-6-4-7-11-19/h4-13,21H,14-18H2,1-3H3/t21-/m1/s1. The Bertz CT molecular complexity index is 1300. The zero-order valence-corrected chi connectivity index (χ0v) is 19.9. The summed E-state index contributed by atoms with van der Waals surface area (Å²) in [7, 11) is 0. The van der Waals surface area contributed by atoms with Crippen LogP contribution in [0.4, 0.5) is 0 Å². The van der Waals surface area contributed by atoms with Gasteiger partial charge in [0.25, 0.3) is 5.56 Å². The van der Waals surface area contributed by atoms with Crippen molar-refractivity contribution < 1.29 is 0 Å². The highest BCUT2D eigenvalue weighted by Crippen LogP contribution is 2.42. The summed E-state index contributed by atoms with van der Waals surface area (Å²) in [6.45, 7) is 7.55. The van der Waals surface area contributed by atoms with Gasteiger partial charge in [0.1, 0.15) is 10.7 Å². The molecule has 4 aromatic rings. The van der Waals surface area contributed by atoms with Crippen LogP contribution < -0.4 is 5.56 Å². The maximum absolute atomic E-state index is 13.9. The first kappa shape index (κ1) is 21.1. The van der Waals surface area contributed by atoms with Gasteiger partial charge in [-0.05, 0) is 47.3 Å². The third kappa shape index (κ3) is 4.04. The van der Waals surface area contributed by atoms with Crippen molar-refractivity contribution in [2.24, 2.45) is 11.3 Å². The Labute approximate surface area is 193 Å². The molecule has 4 heteroatoms. The summed E-state index contributed by atoms with van der Waals surface area (Å²) >= 11 is 1.75. The first-order chi connectivity index (χ1) is 15.4. The largest absolute Gasteiger partial charge is 0.291 e. The molecule has 1 atom stereocenters. The molecule has 0 fully saturated rings. The average Bonchev–Trinajstić information content (AvgIpc) is 3.15. The molecular weight excluding hydrogens is 412 g/mol. The number of aryl methyl sites for hydroxylation is 1. The number of hydrogen-bond donors (Lipinski definition) is 0. The molecule has 0 bridgehead atoms. The van der Waals surface area contributed by atoms with Crippen molar-refractivity contribution in [1.29, 1.82) is 0 Å². The highest BCUT2D eigenvalue weighted by molar-refractivity contribution is 7.18. The van der Waals surface area contributed by atoms with E-state index in [0.29, 0.717) is 18.9 Å². The van der Waals surface area contributed by atoms with Gasteiger partial charge in [0, 0.05) is 11.3 Å². The van der Waals surface area contributed by atoms with Crippen LogP contribution in [-0.4, -0.2) is 9.55 Å². The molecule has 0 radical (unpaired) electrons. The zero-order chi connectivity index (χ0) is 22.3. The number of fused-ring (bicyclic) bond motifs is 3. The Morgan fingerprint density at radius 1 is 1.00 bits per heavy atom. The quantitative estimate of drug-likeness (QED) is 0.374. The van der Waals surface area contributed by atoms with Crippen LogP contribution in [-0.2, 0) is 25.8 Å². The van der Waals surface area contributed by atoms with Gasteiger partial charge in [0.15, 0.2) is 0 Å². The maximum Gasteiger partial charge on any atom is 0.262 e. The summed E-state index contributed by atoms with van der Waals surface area (Å²) < 4.78 is 1.91. The highest BCUT2D eigenvalue weighted by Gasteiger charge is 2.32. The van der Waals surface area contributed by atoms with E-state index in [1.165, 1.54) is 16.0 Å². The summed E-state index contributed by atoms with van der Waals surface area (Å²) in [5.41, 5.74) is 3.97. The van der Waals surface area contributed by atoms with Crippen molar-refractivity contribution in [3.05, 3.63) is 98.4 Å². The summed E-state index contributed by atoms with van der Waals surface area (Å²) in [6.07, 6.45) is 3.85. The van der Waals surface area contributed by atoms with Gasteiger partial charge >= 0.3 is 0 Å². The SMILES string of the molecule is CC(C)(C)[C@@H]1CCc2c(sc3nc(Cc4ccccc4)n(Cc4ccccc4)c(=O)c23)C1. The van der Waals surface area contributed by atoms with Gasteiger partial charge in [-0.25, -0.2) is 4.98 Å². The highest BCUT2D eigenvalue weighted by atomic mass is 32.1. The van der Waals surface area contributed by atoms with Crippen molar-refractivity contribution in [3.8, 4) is 0 Å². The van der Waals surface area contributed by atoms with Crippen LogP contribution in [0.25, 0.3) is 10.2 Å². The van der Waals surface area contributed by atoms with Gasteiger partial charge in [-0.15, -0.1) is 11.3 Å². The van der Waals surface area contributed by atoms with Crippen LogP contribution in [0, 0.1) is 11.3 Å². The molecule has 1 aliphatic carbocycles. The summed E-state index contributed by atoms with van der Waals surface area (Å²) in [5.74, 6) is 1.50. The summed E-state index contributed by atoms with van der Waals surface area (Å²) in [4.78, 5) is 21.3. The minimum Gasteiger partial charge on any atom is -0.291 e. The van der Waals surface area contributed by atoms with E-state index in [1.54, 1.807) is 11.3 Å². The van der Waals surface area contributed by atoms with E-state index in [-0.39, 0.29) is 11.0 Å². The van der Waals surface area contributed by atoms with Gasteiger partial charge in [-0.1, -0.05) is 81.4 Å². The number of aromatic nitrogens is 2. The second kappa shape index (κ2) is 8.32. The molecule has 0 spiro atoms. The lowest BCUT2D eigenvalue weighted by molar-refractivity contribution is 0.218. The molecule has 1 aliphatic rings. The molecule has 2 aromatic heterocycles. The number of rotatable bonds is 4. The van der Waals surface area contributed by atoms with Crippen LogP contribution in [0.3, 0.4) is 0 Å². The fraction of sp³-hybridized carbons (Fsp3) is 0.357. The second-order valence-corrected chi connectivity index (χ2v) is 11.1. The third-order valence-electron chi connectivity index (χ3n) is 6.86. The Hall–Kier alpha value is -2.72. The smallest absolute Gasteiger partial charge is 0.262 e. The molecule has 3 nitrogen and oxygen atoms in total. The monoisotopic (exact) mass is 442 g/mol. The van der Waals surface area contributed by atoms with E-state index in [0.717, 1.165) is 40.9 Å². The normalized spacial score (nSPS) is 16.3. The van der Waals surface area contributed by atoms with E-state index in [2.05, 4.69) is 45.0 Å². The lowest BCUT2D eigenvalue weighted by Crippen LogP contribution is -2.28. The van der Waals surface area contributed by atoms with Crippen molar-refractivity contribution in [2.75, 3.05) is 0 Å². The Morgan fingerprint density at radius 2 is 1.66 bits per heavy atom. The van der Waals surface area contributed by atoms with Crippen LogP contribution >= 0.6 is 11.3 Å². The third-order valence-corrected chi connectivity index (χ3v) is 8.01. The van der Waals surface area contributed by atoms with E-state index in [4.69, 9.17) is 4.98 Å². The van der Waals surface area contributed by atoms with E-state index in [1.807, 2.05) is 41.0 Å². The molecule has 0 amide bonds. The second-order valence-electron chi connectivity index (χ2n) is 10.1. The maximum atomic E-state index is 13.9. The van der Waals surface area contributed by atoms with E-state index >= 15 is 0 Å². The van der Waals surface area contributed by atoms with Crippen molar-refractivity contribution in [3.63, 3.8) is 0 Å². The van der Waals surface area contributed by atoms with Crippen molar-refractivity contribution >= 4 is 21.6 Å². The Balaban J connectivity index is 1.64. The predicted octanol–water partition coefficient (Wildman–Crippen LogP) is 6.25. The van der Waals surface area contributed by atoms with Gasteiger partial charge in [0.05, 0.1) is 11.9 Å². The number of nitrogens with zero attached hydrogens (tertiary/aromatic N) is 2. The Kier molecular flexibility index (Phi) is 5.50. The van der Waals surface area contributed by atoms with Crippen molar-refractivity contribution in [2.45, 2.75) is 53.0 Å². The van der Waals surface area contributed by atoms with Crippen LogP contribution in [0.2, 0.25) is 0 Å². The molecule has 0 unspecified atom stereocenters. The molecule has 0 saturated heterocycles. The molecule has 2 heterocycles. The van der Waals surface area contributed by atoms with Crippen LogP contribution in [0.15, 0.2) is 65.5 Å². The zero-order valence-electron chi connectivity index (χ0n) is 19.1. The fourth-order valence-corrected chi connectivity index (χ4v) is 6.19. The number of thiophene rings is 1. The lowest BCUT2D eigenvalue weighted by Gasteiger charge is -2.33. The molecule has 164 valence electrons. The van der Waals surface area contributed by atoms with Crippen molar-refractivity contribution in [1.82, 2.24) is 9.55 Å². The minimum absolute atomic E-state index is 0.122. The van der Waals surface area contributed by atoms with E-state index in [9.17, 15) is 4.79 Å². The number of hydrogen-bond acceptors (Lipinski definition) is 3. The van der Waals surface area contributed by atoms with Gasteiger partial charge < -0.3 is 0 Å². The van der Waals surface area contributed by atoms with Gasteiger partial charge in [-0.3, -0.25) is 9.36 Å². The predicted molar refractivity (Wildman–Crippen MR) is 134 cm³/mol. The number of benzene rings is 2. The molecule has 0 N–H and O–H groups in total. The molecule has 5 rings (SSSR count). The topological polar surface area (TPSA) is 34.9 Å². The molecular formula is C28H30N2OS. The lowest BCUT2D eigenvalue weighted by atomic mass is 9.72. The summed E-state index contributed by atoms with van der Waals surface area (Å²) in [6, 6.07) is 20.6. The fourth-order valence-electron chi connectivity index (χ4n) is 4.88. The molecule has 0 aliphatic heterocycles. The van der Waals surface area contributed by atoms with Gasteiger partial charge in [0.2, 0.25) is 0 Å².